The molecule has 0 N–H and O–H groups in total. The fourth-order valence-electron chi connectivity index (χ4n) is 4.36. The smallest absolute Gasteiger partial charge is 0.120 e. The number of nitrogens with zero attached hydrogens (tertiary/aromatic N) is 1. The Labute approximate surface area is 180 Å². The second kappa shape index (κ2) is 9.36. The minimum atomic E-state index is 0.586. The predicted octanol–water partition coefficient (Wildman–Crippen LogP) is 5.92. The van der Waals surface area contributed by atoms with Gasteiger partial charge < -0.3 is 14.4 Å². The van der Waals surface area contributed by atoms with Gasteiger partial charge in [-0.1, -0.05) is 42.5 Å². The van der Waals surface area contributed by atoms with E-state index in [1.165, 1.54) is 40.7 Å². The first-order chi connectivity index (χ1) is 14.6. The standard InChI is InChI=1S/C27H31NO2/c1-28(2)18-24-6-4-5-23-17-26(15-16-27(23)24)30-19-20-7-9-21(10-8-20)22-11-13-25(29-3)14-12-22/h7-17,24H,4-6,18-19H2,1-3H3. The third kappa shape index (κ3) is 4.85. The highest BCUT2D eigenvalue weighted by molar-refractivity contribution is 5.64. The van der Waals surface area contributed by atoms with E-state index in [2.05, 4.69) is 73.6 Å². The minimum absolute atomic E-state index is 0.586. The number of benzene rings is 3. The van der Waals surface area contributed by atoms with Crippen molar-refractivity contribution in [3.05, 3.63) is 83.4 Å². The monoisotopic (exact) mass is 401 g/mol. The Morgan fingerprint density at radius 2 is 1.53 bits per heavy atom. The van der Waals surface area contributed by atoms with Gasteiger partial charge in [-0.25, -0.2) is 0 Å². The maximum atomic E-state index is 6.12. The van der Waals surface area contributed by atoms with Crippen LogP contribution in [0.15, 0.2) is 66.7 Å². The Balaban J connectivity index is 1.40. The predicted molar refractivity (Wildman–Crippen MR) is 123 cm³/mol. The van der Waals surface area contributed by atoms with Crippen molar-refractivity contribution in [2.24, 2.45) is 0 Å². The molecule has 4 rings (SSSR count). The third-order valence-corrected chi connectivity index (χ3v) is 5.92. The van der Waals surface area contributed by atoms with Crippen LogP contribution in [0, 0.1) is 0 Å². The summed E-state index contributed by atoms with van der Waals surface area (Å²) < 4.78 is 11.4. The molecule has 0 amide bonds. The van der Waals surface area contributed by atoms with Crippen LogP contribution in [0.1, 0.15) is 35.4 Å². The molecule has 0 aliphatic heterocycles. The van der Waals surface area contributed by atoms with Gasteiger partial charge in [0.25, 0.3) is 0 Å². The first kappa shape index (κ1) is 20.5. The van der Waals surface area contributed by atoms with Crippen molar-refractivity contribution >= 4 is 0 Å². The van der Waals surface area contributed by atoms with Crippen LogP contribution in [0.4, 0.5) is 0 Å². The van der Waals surface area contributed by atoms with Crippen LogP contribution in [0.25, 0.3) is 11.1 Å². The highest BCUT2D eigenvalue weighted by atomic mass is 16.5. The molecule has 3 nitrogen and oxygen atoms in total. The second-order valence-electron chi connectivity index (χ2n) is 8.43. The maximum Gasteiger partial charge on any atom is 0.120 e. The molecule has 1 unspecified atom stereocenters. The summed E-state index contributed by atoms with van der Waals surface area (Å²) >= 11 is 0. The summed E-state index contributed by atoms with van der Waals surface area (Å²) in [4.78, 5) is 2.29. The van der Waals surface area contributed by atoms with Crippen LogP contribution in [0.2, 0.25) is 0 Å². The Morgan fingerprint density at radius 1 is 0.867 bits per heavy atom. The fourth-order valence-corrected chi connectivity index (χ4v) is 4.36. The highest BCUT2D eigenvalue weighted by Gasteiger charge is 2.21. The number of hydrogen-bond acceptors (Lipinski definition) is 3. The molecule has 0 bridgehead atoms. The number of aryl methyl sites for hydroxylation is 1. The summed E-state index contributed by atoms with van der Waals surface area (Å²) in [7, 11) is 6.01. The zero-order chi connectivity index (χ0) is 20.9. The van der Waals surface area contributed by atoms with Crippen molar-refractivity contribution in [3.63, 3.8) is 0 Å². The molecule has 1 aliphatic rings. The highest BCUT2D eigenvalue weighted by Crippen LogP contribution is 2.34. The Hall–Kier alpha value is -2.78. The van der Waals surface area contributed by atoms with Crippen LogP contribution < -0.4 is 9.47 Å². The SMILES string of the molecule is COc1ccc(-c2ccc(COc3ccc4c(c3)CCCC4CN(C)C)cc2)cc1. The quantitative estimate of drug-likeness (QED) is 0.490. The molecule has 0 saturated carbocycles. The summed E-state index contributed by atoms with van der Waals surface area (Å²) in [5.41, 5.74) is 6.52. The van der Waals surface area contributed by atoms with Gasteiger partial charge in [0.05, 0.1) is 7.11 Å². The van der Waals surface area contributed by atoms with Crippen LogP contribution >= 0.6 is 0 Å². The first-order valence-corrected chi connectivity index (χ1v) is 10.8. The van der Waals surface area contributed by atoms with E-state index in [9.17, 15) is 0 Å². The second-order valence-corrected chi connectivity index (χ2v) is 8.43. The molecule has 3 heteroatoms. The van der Waals surface area contributed by atoms with E-state index < -0.39 is 0 Å². The van der Waals surface area contributed by atoms with Gasteiger partial charge in [-0.3, -0.25) is 0 Å². The van der Waals surface area contributed by atoms with Crippen molar-refractivity contribution in [2.75, 3.05) is 27.7 Å². The van der Waals surface area contributed by atoms with Gasteiger partial charge in [-0.15, -0.1) is 0 Å². The van der Waals surface area contributed by atoms with E-state index >= 15 is 0 Å². The lowest BCUT2D eigenvalue weighted by molar-refractivity contribution is 0.305. The van der Waals surface area contributed by atoms with E-state index in [4.69, 9.17) is 9.47 Å². The normalized spacial score (nSPS) is 15.7. The number of hydrogen-bond donors (Lipinski definition) is 0. The lowest BCUT2D eigenvalue weighted by atomic mass is 9.82. The van der Waals surface area contributed by atoms with Gasteiger partial charge in [0.15, 0.2) is 0 Å². The summed E-state index contributed by atoms with van der Waals surface area (Å²) in [6, 6.07) is 23.4. The maximum absolute atomic E-state index is 6.12. The van der Waals surface area contributed by atoms with Crippen LogP contribution in [-0.4, -0.2) is 32.6 Å². The Kier molecular flexibility index (Phi) is 6.39. The zero-order valence-corrected chi connectivity index (χ0v) is 18.2. The molecule has 3 aromatic rings. The molecular formula is C27H31NO2. The number of rotatable bonds is 7. The number of likely N-dealkylation sites (N-methyl/N-ethyl adjacent to an activating group) is 1. The molecule has 0 radical (unpaired) electrons. The van der Waals surface area contributed by atoms with E-state index in [0.717, 1.165) is 24.5 Å². The number of fused-ring (bicyclic) bond motifs is 1. The van der Waals surface area contributed by atoms with Crippen molar-refractivity contribution in [2.45, 2.75) is 31.8 Å². The van der Waals surface area contributed by atoms with Gasteiger partial charge in [0.1, 0.15) is 18.1 Å². The van der Waals surface area contributed by atoms with Gasteiger partial charge in [0, 0.05) is 6.54 Å². The minimum Gasteiger partial charge on any atom is -0.497 e. The molecule has 3 aromatic carbocycles. The van der Waals surface area contributed by atoms with Crippen molar-refractivity contribution in [1.82, 2.24) is 4.90 Å². The number of methoxy groups -OCH3 is 1. The lowest BCUT2D eigenvalue weighted by Crippen LogP contribution is -2.23. The van der Waals surface area contributed by atoms with E-state index in [1.54, 1.807) is 7.11 Å². The molecule has 156 valence electrons. The van der Waals surface area contributed by atoms with Crippen molar-refractivity contribution < 1.29 is 9.47 Å². The molecule has 0 spiro atoms. The average molecular weight is 402 g/mol. The topological polar surface area (TPSA) is 21.7 Å². The zero-order valence-electron chi connectivity index (χ0n) is 18.2. The lowest BCUT2D eigenvalue weighted by Gasteiger charge is -2.28. The third-order valence-electron chi connectivity index (χ3n) is 5.92. The summed E-state index contributed by atoms with van der Waals surface area (Å²) in [5.74, 6) is 2.49. The number of ether oxygens (including phenoxy) is 2. The molecule has 30 heavy (non-hydrogen) atoms. The van der Waals surface area contributed by atoms with Gasteiger partial charge >= 0.3 is 0 Å². The first-order valence-electron chi connectivity index (χ1n) is 10.8. The van der Waals surface area contributed by atoms with Gasteiger partial charge in [0.2, 0.25) is 0 Å². The van der Waals surface area contributed by atoms with Gasteiger partial charge in [-0.2, -0.15) is 0 Å². The Morgan fingerprint density at radius 3 is 2.20 bits per heavy atom. The fraction of sp³-hybridized carbons (Fsp3) is 0.333. The summed E-state index contributed by atoms with van der Waals surface area (Å²) in [6.45, 7) is 1.70. The van der Waals surface area contributed by atoms with Crippen molar-refractivity contribution in [3.8, 4) is 22.6 Å². The largest absolute Gasteiger partial charge is 0.497 e. The molecular weight excluding hydrogens is 370 g/mol. The van der Waals surface area contributed by atoms with Gasteiger partial charge in [-0.05, 0) is 91.4 Å². The van der Waals surface area contributed by atoms with E-state index in [0.29, 0.717) is 12.5 Å². The van der Waals surface area contributed by atoms with E-state index in [-0.39, 0.29) is 0 Å². The molecule has 1 atom stereocenters. The molecule has 0 saturated heterocycles. The average Bonchev–Trinajstić information content (AvgIpc) is 2.78. The molecule has 0 heterocycles. The van der Waals surface area contributed by atoms with Crippen LogP contribution in [0.3, 0.4) is 0 Å². The van der Waals surface area contributed by atoms with E-state index in [1.807, 2.05) is 12.1 Å². The van der Waals surface area contributed by atoms with Crippen LogP contribution in [-0.2, 0) is 13.0 Å². The van der Waals surface area contributed by atoms with Crippen molar-refractivity contribution in [1.29, 1.82) is 0 Å². The Bertz CT molecular complexity index is 961. The molecule has 0 fully saturated rings. The molecule has 1 aliphatic carbocycles. The summed E-state index contributed by atoms with van der Waals surface area (Å²) in [6.07, 6.45) is 3.71. The molecule has 0 aromatic heterocycles. The summed E-state index contributed by atoms with van der Waals surface area (Å²) in [5, 5.41) is 0. The van der Waals surface area contributed by atoms with Crippen LogP contribution in [0.5, 0.6) is 11.5 Å².